The highest BCUT2D eigenvalue weighted by Gasteiger charge is 2.35. The van der Waals surface area contributed by atoms with Gasteiger partial charge in [-0.2, -0.15) is 0 Å². The van der Waals surface area contributed by atoms with Gasteiger partial charge in [0.2, 0.25) is 0 Å². The fourth-order valence-electron chi connectivity index (χ4n) is 3.30. The quantitative estimate of drug-likeness (QED) is 0.929. The molecule has 4 rings (SSSR count). The zero-order valence-electron chi connectivity index (χ0n) is 11.2. The minimum Gasteiger partial charge on any atom is -0.478 e. The Morgan fingerprint density at radius 3 is 2.85 bits per heavy atom. The van der Waals surface area contributed by atoms with Gasteiger partial charge in [0.25, 0.3) is 0 Å². The van der Waals surface area contributed by atoms with E-state index in [0.29, 0.717) is 11.6 Å². The predicted octanol–water partition coefficient (Wildman–Crippen LogP) is 2.14. The maximum atomic E-state index is 11.4. The molecule has 2 fully saturated rings. The van der Waals surface area contributed by atoms with E-state index in [1.54, 1.807) is 18.5 Å². The van der Waals surface area contributed by atoms with Gasteiger partial charge in [0.05, 0.1) is 22.9 Å². The van der Waals surface area contributed by atoms with E-state index in [1.165, 1.54) is 12.8 Å². The van der Waals surface area contributed by atoms with Crippen molar-refractivity contribution in [1.29, 1.82) is 0 Å². The van der Waals surface area contributed by atoms with Gasteiger partial charge < -0.3 is 9.67 Å². The van der Waals surface area contributed by atoms with Crippen molar-refractivity contribution in [3.8, 4) is 0 Å². The number of carboxylic acid groups (broad SMARTS) is 1. The number of para-hydroxylation sites is 1. The van der Waals surface area contributed by atoms with Crippen molar-refractivity contribution in [3.63, 3.8) is 0 Å². The fraction of sp³-hybridized carbons (Fsp3) is 0.467. The summed E-state index contributed by atoms with van der Waals surface area (Å²) in [6, 6.07) is 6.42. The standard InChI is InChI=1S/C15H17N3O2/c19-15(20)12-2-1-3-13-14(12)18(9-16-13)11-6-7-17(8-11)10-4-5-10/h1-3,9-11H,4-8H2,(H,19,20). The van der Waals surface area contributed by atoms with E-state index >= 15 is 0 Å². The third-order valence-corrected chi connectivity index (χ3v) is 4.48. The first-order chi connectivity index (χ1) is 9.74. The van der Waals surface area contributed by atoms with Crippen LogP contribution in [-0.2, 0) is 0 Å². The van der Waals surface area contributed by atoms with Gasteiger partial charge in [-0.15, -0.1) is 0 Å². The number of benzene rings is 1. The monoisotopic (exact) mass is 271 g/mol. The number of aromatic carboxylic acids is 1. The summed E-state index contributed by atoms with van der Waals surface area (Å²) in [5.74, 6) is -0.880. The molecule has 0 bridgehead atoms. The Balaban J connectivity index is 1.74. The van der Waals surface area contributed by atoms with Crippen molar-refractivity contribution >= 4 is 17.0 Å². The van der Waals surface area contributed by atoms with Gasteiger partial charge in [-0.3, -0.25) is 4.90 Å². The van der Waals surface area contributed by atoms with Crippen molar-refractivity contribution in [2.45, 2.75) is 31.3 Å². The second-order valence-corrected chi connectivity index (χ2v) is 5.80. The molecule has 1 aliphatic heterocycles. The van der Waals surface area contributed by atoms with Gasteiger partial charge in [-0.05, 0) is 31.4 Å². The number of likely N-dealkylation sites (tertiary alicyclic amines) is 1. The van der Waals surface area contributed by atoms with E-state index < -0.39 is 5.97 Å². The van der Waals surface area contributed by atoms with Crippen LogP contribution < -0.4 is 0 Å². The molecule has 2 aliphatic rings. The molecule has 1 aliphatic carbocycles. The van der Waals surface area contributed by atoms with Crippen molar-refractivity contribution in [3.05, 3.63) is 30.1 Å². The van der Waals surface area contributed by atoms with E-state index in [2.05, 4.69) is 14.5 Å². The third-order valence-electron chi connectivity index (χ3n) is 4.48. The van der Waals surface area contributed by atoms with Crippen LogP contribution in [0.1, 0.15) is 35.7 Å². The van der Waals surface area contributed by atoms with Crippen LogP contribution in [0, 0.1) is 0 Å². The van der Waals surface area contributed by atoms with Crippen LogP contribution in [0.25, 0.3) is 11.0 Å². The molecule has 1 N–H and O–H groups in total. The van der Waals surface area contributed by atoms with E-state index in [4.69, 9.17) is 0 Å². The second-order valence-electron chi connectivity index (χ2n) is 5.80. The minimum atomic E-state index is -0.880. The molecule has 5 nitrogen and oxygen atoms in total. The number of nitrogens with zero attached hydrogens (tertiary/aromatic N) is 3. The van der Waals surface area contributed by atoms with Crippen LogP contribution in [-0.4, -0.2) is 44.7 Å². The third kappa shape index (κ3) is 1.81. The van der Waals surface area contributed by atoms with Crippen LogP contribution in [0.4, 0.5) is 0 Å². The molecule has 1 aromatic carbocycles. The van der Waals surface area contributed by atoms with E-state index in [-0.39, 0.29) is 0 Å². The summed E-state index contributed by atoms with van der Waals surface area (Å²) < 4.78 is 2.07. The van der Waals surface area contributed by atoms with Crippen molar-refractivity contribution in [2.24, 2.45) is 0 Å². The molecule has 104 valence electrons. The summed E-state index contributed by atoms with van der Waals surface area (Å²) in [6.45, 7) is 2.13. The molecule has 2 heterocycles. The molecular formula is C15H17N3O2. The molecule has 1 saturated heterocycles. The SMILES string of the molecule is O=C(O)c1cccc2ncn(C3CCN(C4CC4)C3)c12. The molecule has 0 spiro atoms. The average molecular weight is 271 g/mol. The molecule has 2 aromatic rings. The number of carbonyl (C=O) groups is 1. The Hall–Kier alpha value is -1.88. The van der Waals surface area contributed by atoms with Gasteiger partial charge in [0.1, 0.15) is 0 Å². The summed E-state index contributed by atoms with van der Waals surface area (Å²) in [7, 11) is 0. The Morgan fingerprint density at radius 2 is 2.10 bits per heavy atom. The van der Waals surface area contributed by atoms with Crippen LogP contribution >= 0.6 is 0 Å². The summed E-state index contributed by atoms with van der Waals surface area (Å²) in [5.41, 5.74) is 1.89. The Labute approximate surface area is 116 Å². The predicted molar refractivity (Wildman–Crippen MR) is 74.9 cm³/mol. The first kappa shape index (κ1) is 11.9. The average Bonchev–Trinajstić information content (AvgIpc) is 3.01. The number of imidazole rings is 1. The van der Waals surface area contributed by atoms with Crippen LogP contribution in [0.5, 0.6) is 0 Å². The topological polar surface area (TPSA) is 58.4 Å². The summed E-state index contributed by atoms with van der Waals surface area (Å²) >= 11 is 0. The van der Waals surface area contributed by atoms with Crippen molar-refractivity contribution in [2.75, 3.05) is 13.1 Å². The molecular weight excluding hydrogens is 254 g/mol. The summed E-state index contributed by atoms with van der Waals surface area (Å²) in [6.07, 6.45) is 5.52. The highest BCUT2D eigenvalue weighted by atomic mass is 16.4. The molecule has 0 radical (unpaired) electrons. The second kappa shape index (κ2) is 4.31. The molecule has 1 saturated carbocycles. The molecule has 20 heavy (non-hydrogen) atoms. The first-order valence-corrected chi connectivity index (χ1v) is 7.17. The van der Waals surface area contributed by atoms with Crippen LogP contribution in [0.2, 0.25) is 0 Å². The van der Waals surface area contributed by atoms with Gasteiger partial charge >= 0.3 is 5.97 Å². The zero-order chi connectivity index (χ0) is 13.7. The Morgan fingerprint density at radius 1 is 1.25 bits per heavy atom. The Bertz CT molecular complexity index is 675. The highest BCUT2D eigenvalue weighted by Crippen LogP contribution is 2.34. The lowest BCUT2D eigenvalue weighted by atomic mass is 10.1. The van der Waals surface area contributed by atoms with Crippen molar-refractivity contribution < 1.29 is 9.90 Å². The summed E-state index contributed by atoms with van der Waals surface area (Å²) in [4.78, 5) is 18.3. The maximum Gasteiger partial charge on any atom is 0.337 e. The first-order valence-electron chi connectivity index (χ1n) is 7.17. The lowest BCUT2D eigenvalue weighted by molar-refractivity contribution is 0.0698. The lowest BCUT2D eigenvalue weighted by Crippen LogP contribution is -2.23. The van der Waals surface area contributed by atoms with Gasteiger partial charge in [0, 0.05) is 25.2 Å². The fourth-order valence-corrected chi connectivity index (χ4v) is 3.30. The molecule has 0 amide bonds. The molecule has 1 aromatic heterocycles. The number of hydrogen-bond acceptors (Lipinski definition) is 3. The molecule has 1 atom stereocenters. The van der Waals surface area contributed by atoms with Crippen molar-refractivity contribution in [1.82, 2.24) is 14.5 Å². The van der Waals surface area contributed by atoms with E-state index in [1.807, 2.05) is 6.07 Å². The number of aromatic nitrogens is 2. The number of rotatable bonds is 3. The van der Waals surface area contributed by atoms with Gasteiger partial charge in [-0.1, -0.05) is 6.07 Å². The van der Waals surface area contributed by atoms with Gasteiger partial charge in [0.15, 0.2) is 0 Å². The number of carboxylic acids is 1. The molecule has 1 unspecified atom stereocenters. The highest BCUT2D eigenvalue weighted by molar-refractivity contribution is 6.01. The summed E-state index contributed by atoms with van der Waals surface area (Å²) in [5, 5.41) is 9.37. The van der Waals surface area contributed by atoms with Crippen LogP contribution in [0.15, 0.2) is 24.5 Å². The van der Waals surface area contributed by atoms with Crippen LogP contribution in [0.3, 0.4) is 0 Å². The maximum absolute atomic E-state index is 11.4. The Kier molecular flexibility index (Phi) is 2.57. The number of fused-ring (bicyclic) bond motifs is 1. The number of hydrogen-bond donors (Lipinski definition) is 1. The van der Waals surface area contributed by atoms with Gasteiger partial charge in [-0.25, -0.2) is 9.78 Å². The van der Waals surface area contributed by atoms with E-state index in [9.17, 15) is 9.90 Å². The minimum absolute atomic E-state index is 0.348. The zero-order valence-corrected chi connectivity index (χ0v) is 11.2. The largest absolute Gasteiger partial charge is 0.478 e. The van der Waals surface area contributed by atoms with E-state index in [0.717, 1.165) is 36.6 Å². The molecule has 5 heteroatoms. The normalized spacial score (nSPS) is 23.5. The lowest BCUT2D eigenvalue weighted by Gasteiger charge is -2.16. The smallest absolute Gasteiger partial charge is 0.337 e.